The Labute approximate surface area is 195 Å². The van der Waals surface area contributed by atoms with Crippen LogP contribution in [-0.4, -0.2) is 42.7 Å². The van der Waals surface area contributed by atoms with Crippen molar-refractivity contribution in [3.8, 4) is 5.69 Å². The fourth-order valence-electron chi connectivity index (χ4n) is 5.66. The van der Waals surface area contributed by atoms with Gasteiger partial charge in [0.25, 0.3) is 0 Å². The van der Waals surface area contributed by atoms with Gasteiger partial charge < -0.3 is 0 Å². The highest BCUT2D eigenvalue weighted by molar-refractivity contribution is 7.97. The number of halogens is 1. The molecule has 1 aliphatic carbocycles. The van der Waals surface area contributed by atoms with Gasteiger partial charge in [-0.05, 0) is 72.3 Å². The minimum Gasteiger partial charge on any atom is -0.300 e. The number of aromatic nitrogens is 4. The van der Waals surface area contributed by atoms with Crippen LogP contribution < -0.4 is 0 Å². The zero-order valence-corrected chi connectivity index (χ0v) is 19.3. The first kappa shape index (κ1) is 20.6. The predicted octanol–water partition coefficient (Wildman–Crippen LogP) is 4.45. The second kappa shape index (κ2) is 7.53. The van der Waals surface area contributed by atoms with E-state index in [4.69, 9.17) is 0 Å². The van der Waals surface area contributed by atoms with Crippen molar-refractivity contribution in [2.45, 2.75) is 30.1 Å². The molecule has 2 aromatic heterocycles. The zero-order valence-electron chi connectivity index (χ0n) is 18.5. The molecular weight excluding hydrogens is 437 g/mol. The Hall–Kier alpha value is -2.97. The molecule has 1 saturated carbocycles. The number of ketones is 1. The van der Waals surface area contributed by atoms with Gasteiger partial charge >= 0.3 is 0 Å². The molecule has 6 rings (SSSR count). The minimum atomic E-state index is -0.264. The fraction of sp³-hybridized carbons (Fsp3) is 0.320. The van der Waals surface area contributed by atoms with Crippen LogP contribution in [0, 0.1) is 18.7 Å². The molecule has 1 aliphatic heterocycles. The number of carbonyl (C=O) groups is 1. The number of hydrogen-bond acceptors (Lipinski definition) is 5. The van der Waals surface area contributed by atoms with E-state index in [0.29, 0.717) is 24.5 Å². The van der Waals surface area contributed by atoms with Crippen molar-refractivity contribution in [2.24, 2.45) is 13.0 Å². The number of carbonyl (C=O) groups excluding carboxylic acids is 1. The molecule has 0 radical (unpaired) electrons. The van der Waals surface area contributed by atoms with Crippen LogP contribution in [0.2, 0.25) is 0 Å². The van der Waals surface area contributed by atoms with E-state index in [0.717, 1.165) is 34.6 Å². The molecule has 2 aliphatic rings. The number of Topliss-reactive ketones (excluding diaryl/α,β-unsaturated/α-hetero) is 1. The molecule has 0 N–H and O–H groups in total. The lowest BCUT2D eigenvalue weighted by Crippen LogP contribution is -2.32. The van der Waals surface area contributed by atoms with Crippen molar-refractivity contribution >= 4 is 28.6 Å². The Bertz CT molecular complexity index is 1380. The lowest BCUT2D eigenvalue weighted by Gasteiger charge is -2.30. The van der Waals surface area contributed by atoms with Gasteiger partial charge in [0.1, 0.15) is 11.6 Å². The van der Waals surface area contributed by atoms with E-state index >= 15 is 0 Å². The summed E-state index contributed by atoms with van der Waals surface area (Å²) in [6, 6.07) is 10.8. The van der Waals surface area contributed by atoms with E-state index < -0.39 is 0 Å². The molecule has 0 amide bonds. The predicted molar refractivity (Wildman–Crippen MR) is 126 cm³/mol. The summed E-state index contributed by atoms with van der Waals surface area (Å²) in [6.07, 6.45) is 6.99. The van der Waals surface area contributed by atoms with E-state index in [1.807, 2.05) is 35.0 Å². The monoisotopic (exact) mass is 461 g/mol. The van der Waals surface area contributed by atoms with Crippen molar-refractivity contribution < 1.29 is 9.18 Å². The maximum absolute atomic E-state index is 13.4. The summed E-state index contributed by atoms with van der Waals surface area (Å²) in [6.45, 7) is 3.85. The quantitative estimate of drug-likeness (QED) is 0.421. The Morgan fingerprint density at radius 3 is 2.73 bits per heavy atom. The summed E-state index contributed by atoms with van der Waals surface area (Å²) in [4.78, 5) is 13.7. The van der Waals surface area contributed by atoms with Crippen molar-refractivity contribution in [1.82, 2.24) is 23.9 Å². The summed E-state index contributed by atoms with van der Waals surface area (Å²) in [5, 5.41) is 9.90. The summed E-state index contributed by atoms with van der Waals surface area (Å²) >= 11 is 1.73. The summed E-state index contributed by atoms with van der Waals surface area (Å²) in [5.41, 5.74) is 4.05. The number of rotatable bonds is 4. The maximum Gasteiger partial charge on any atom is 0.134 e. The largest absolute Gasteiger partial charge is 0.300 e. The smallest absolute Gasteiger partial charge is 0.134 e. The van der Waals surface area contributed by atoms with Crippen molar-refractivity contribution in [1.29, 1.82) is 0 Å². The Kier molecular flexibility index (Phi) is 4.71. The van der Waals surface area contributed by atoms with Crippen LogP contribution in [-0.2, 0) is 17.3 Å². The van der Waals surface area contributed by atoms with E-state index in [9.17, 15) is 9.18 Å². The highest BCUT2D eigenvalue weighted by atomic mass is 32.2. The first-order chi connectivity index (χ1) is 15.9. The van der Waals surface area contributed by atoms with Gasteiger partial charge in [0.2, 0.25) is 0 Å². The SMILES string of the molecule is Cc1cc2c(cnn2-c2ccc(F)cc2)cc1C12CC(=O)CC1CN(Sc1cnn(C)c1)C2. The molecule has 6 nitrogen and oxygen atoms in total. The Morgan fingerprint density at radius 1 is 1.15 bits per heavy atom. The molecule has 4 aromatic rings. The van der Waals surface area contributed by atoms with E-state index in [1.165, 1.54) is 23.3 Å². The fourth-order valence-corrected chi connectivity index (χ4v) is 6.80. The van der Waals surface area contributed by atoms with Gasteiger partial charge in [-0.1, -0.05) is 0 Å². The summed E-state index contributed by atoms with van der Waals surface area (Å²) in [7, 11) is 1.92. The molecule has 168 valence electrons. The third-order valence-corrected chi connectivity index (χ3v) is 8.05. The molecule has 2 unspecified atom stereocenters. The second-order valence-electron chi connectivity index (χ2n) is 9.29. The van der Waals surface area contributed by atoms with E-state index in [2.05, 4.69) is 33.6 Å². The van der Waals surface area contributed by atoms with Crippen molar-refractivity contribution in [3.05, 3.63) is 71.9 Å². The lowest BCUT2D eigenvalue weighted by atomic mass is 9.72. The van der Waals surface area contributed by atoms with Gasteiger partial charge in [-0.25, -0.2) is 13.4 Å². The standard InChI is InChI=1S/C25H24FN5OS/c1-16-7-24-17(11-28-31(24)20-5-3-19(26)4-6-20)8-23(16)25-10-21(32)9-18(25)13-30(15-25)33-22-12-27-29(2)14-22/h3-8,11-12,14,18H,9-10,13,15H2,1-2H3. The third kappa shape index (κ3) is 3.40. The average Bonchev–Trinajstić information content (AvgIpc) is 3.51. The molecule has 0 spiro atoms. The number of aryl methyl sites for hydroxylation is 2. The van der Waals surface area contributed by atoms with Gasteiger partial charge in [0, 0.05) is 50.0 Å². The number of fused-ring (bicyclic) bond motifs is 2. The first-order valence-corrected chi connectivity index (χ1v) is 11.9. The van der Waals surface area contributed by atoms with Crippen molar-refractivity contribution in [3.63, 3.8) is 0 Å². The molecular formula is C25H24FN5OS. The molecule has 33 heavy (non-hydrogen) atoms. The molecule has 8 heteroatoms. The molecule has 2 aromatic carbocycles. The summed E-state index contributed by atoms with van der Waals surface area (Å²) in [5.74, 6) is 0.393. The molecule has 2 fully saturated rings. The van der Waals surface area contributed by atoms with E-state index in [1.54, 1.807) is 24.1 Å². The van der Waals surface area contributed by atoms with Gasteiger partial charge in [-0.2, -0.15) is 10.2 Å². The lowest BCUT2D eigenvalue weighted by molar-refractivity contribution is -0.118. The Balaban J connectivity index is 1.38. The average molecular weight is 462 g/mol. The zero-order chi connectivity index (χ0) is 22.7. The van der Waals surface area contributed by atoms with Crippen LogP contribution in [0.15, 0.2) is 59.9 Å². The topological polar surface area (TPSA) is 56.0 Å². The summed E-state index contributed by atoms with van der Waals surface area (Å²) < 4.78 is 19.4. The maximum atomic E-state index is 13.4. The first-order valence-electron chi connectivity index (χ1n) is 11.1. The molecule has 0 bridgehead atoms. The number of nitrogens with zero attached hydrogens (tertiary/aromatic N) is 5. The number of hydrogen-bond donors (Lipinski definition) is 0. The molecule has 3 heterocycles. The second-order valence-corrected chi connectivity index (χ2v) is 10.5. The number of benzene rings is 2. The highest BCUT2D eigenvalue weighted by Crippen LogP contribution is 2.52. The molecule has 2 atom stereocenters. The Morgan fingerprint density at radius 2 is 1.97 bits per heavy atom. The minimum absolute atomic E-state index is 0.178. The van der Waals surface area contributed by atoms with Crippen LogP contribution in [0.25, 0.3) is 16.6 Å². The molecule has 1 saturated heterocycles. The van der Waals surface area contributed by atoms with Crippen LogP contribution in [0.5, 0.6) is 0 Å². The van der Waals surface area contributed by atoms with Crippen LogP contribution in [0.1, 0.15) is 24.0 Å². The van der Waals surface area contributed by atoms with Gasteiger partial charge in [0.05, 0.1) is 28.5 Å². The third-order valence-electron chi connectivity index (χ3n) is 7.09. The van der Waals surface area contributed by atoms with Crippen LogP contribution in [0.4, 0.5) is 4.39 Å². The van der Waals surface area contributed by atoms with Gasteiger partial charge in [-0.3, -0.25) is 9.48 Å². The van der Waals surface area contributed by atoms with Crippen LogP contribution in [0.3, 0.4) is 0 Å². The van der Waals surface area contributed by atoms with Gasteiger partial charge in [0.15, 0.2) is 0 Å². The van der Waals surface area contributed by atoms with Crippen molar-refractivity contribution in [2.75, 3.05) is 13.1 Å². The highest BCUT2D eigenvalue weighted by Gasteiger charge is 2.54. The normalized spacial score (nSPS) is 23.0. The van der Waals surface area contributed by atoms with Crippen LogP contribution >= 0.6 is 11.9 Å². The van der Waals surface area contributed by atoms with E-state index in [-0.39, 0.29) is 11.2 Å². The van der Waals surface area contributed by atoms with Gasteiger partial charge in [-0.15, -0.1) is 0 Å².